The van der Waals surface area contributed by atoms with E-state index in [1.807, 2.05) is 15.7 Å². The van der Waals surface area contributed by atoms with Gasteiger partial charge < -0.3 is 5.32 Å². The molecule has 1 aromatic carbocycles. The van der Waals surface area contributed by atoms with E-state index in [2.05, 4.69) is 42.6 Å². The SMILES string of the molecule is CC/C(=C\c1ccccc1)[C@H]1C[C@@H]1NC1CCN(CC(=O)NS(C)(=O)=O)CC1. The maximum atomic E-state index is 11.7. The number of nitrogens with zero attached hydrogens (tertiary/aromatic N) is 1. The van der Waals surface area contributed by atoms with Crippen LogP contribution in [0.3, 0.4) is 0 Å². The van der Waals surface area contributed by atoms with Crippen molar-refractivity contribution < 1.29 is 13.2 Å². The number of nitrogens with one attached hydrogen (secondary N) is 2. The Bertz CT molecular complexity index is 799. The minimum atomic E-state index is -3.48. The summed E-state index contributed by atoms with van der Waals surface area (Å²) in [4.78, 5) is 13.8. The molecule has 1 saturated heterocycles. The first-order chi connectivity index (χ1) is 13.3. The third kappa shape index (κ3) is 6.43. The maximum absolute atomic E-state index is 11.7. The molecule has 2 atom stereocenters. The molecule has 0 radical (unpaired) electrons. The van der Waals surface area contributed by atoms with Crippen molar-refractivity contribution in [3.63, 3.8) is 0 Å². The Morgan fingerprint density at radius 2 is 1.89 bits per heavy atom. The number of sulfonamides is 1. The van der Waals surface area contributed by atoms with Gasteiger partial charge in [-0.15, -0.1) is 0 Å². The fourth-order valence-electron chi connectivity index (χ4n) is 4.03. The van der Waals surface area contributed by atoms with Crippen molar-refractivity contribution in [2.45, 2.75) is 44.7 Å². The Kier molecular flexibility index (Phi) is 6.91. The van der Waals surface area contributed by atoms with Crippen LogP contribution in [0.25, 0.3) is 6.08 Å². The molecule has 1 aliphatic heterocycles. The van der Waals surface area contributed by atoms with Crippen LogP contribution in [0.1, 0.15) is 38.2 Å². The third-order valence-electron chi connectivity index (χ3n) is 5.53. The number of hydrogen-bond donors (Lipinski definition) is 2. The Balaban J connectivity index is 1.42. The summed E-state index contributed by atoms with van der Waals surface area (Å²) in [6, 6.07) is 11.5. The van der Waals surface area contributed by atoms with Crippen molar-refractivity contribution >= 4 is 22.0 Å². The Morgan fingerprint density at radius 1 is 1.21 bits per heavy atom. The molecule has 0 bridgehead atoms. The van der Waals surface area contributed by atoms with Crippen molar-refractivity contribution in [1.82, 2.24) is 14.9 Å². The predicted molar refractivity (Wildman–Crippen MR) is 112 cm³/mol. The van der Waals surface area contributed by atoms with E-state index < -0.39 is 15.9 Å². The monoisotopic (exact) mass is 405 g/mol. The van der Waals surface area contributed by atoms with Gasteiger partial charge in [-0.05, 0) is 37.2 Å². The van der Waals surface area contributed by atoms with Crippen LogP contribution in [0.5, 0.6) is 0 Å². The molecule has 0 unspecified atom stereocenters. The van der Waals surface area contributed by atoms with Gasteiger partial charge in [-0.1, -0.05) is 48.9 Å². The average Bonchev–Trinajstić information content (AvgIpc) is 3.39. The summed E-state index contributed by atoms with van der Waals surface area (Å²) in [5.74, 6) is 0.179. The van der Waals surface area contributed by atoms with Gasteiger partial charge in [-0.2, -0.15) is 0 Å². The molecule has 2 N–H and O–H groups in total. The van der Waals surface area contributed by atoms with Crippen LogP contribution < -0.4 is 10.0 Å². The summed E-state index contributed by atoms with van der Waals surface area (Å²) >= 11 is 0. The molecule has 1 saturated carbocycles. The summed E-state index contributed by atoms with van der Waals surface area (Å²) in [7, 11) is -3.48. The zero-order valence-electron chi connectivity index (χ0n) is 16.7. The van der Waals surface area contributed by atoms with Crippen molar-refractivity contribution in [3.8, 4) is 0 Å². The van der Waals surface area contributed by atoms with Gasteiger partial charge in [0.2, 0.25) is 15.9 Å². The van der Waals surface area contributed by atoms with Gasteiger partial charge in [-0.3, -0.25) is 14.4 Å². The quantitative estimate of drug-likeness (QED) is 0.692. The molecule has 2 fully saturated rings. The third-order valence-corrected chi connectivity index (χ3v) is 6.13. The van der Waals surface area contributed by atoms with Gasteiger partial charge in [0.25, 0.3) is 0 Å². The second-order valence-corrected chi connectivity index (χ2v) is 9.70. The molecule has 1 amide bonds. The fraction of sp³-hybridized carbons (Fsp3) is 0.571. The number of piperidine rings is 1. The molecule has 2 aliphatic rings. The summed E-state index contributed by atoms with van der Waals surface area (Å²) in [6.45, 7) is 4.00. The van der Waals surface area contributed by atoms with Crippen LogP contribution in [0.15, 0.2) is 35.9 Å². The molecule has 28 heavy (non-hydrogen) atoms. The highest BCUT2D eigenvalue weighted by atomic mass is 32.2. The average molecular weight is 406 g/mol. The molecule has 3 rings (SSSR count). The maximum Gasteiger partial charge on any atom is 0.247 e. The first kappa shape index (κ1) is 21.0. The van der Waals surface area contributed by atoms with E-state index in [0.717, 1.165) is 38.6 Å². The van der Waals surface area contributed by atoms with Crippen LogP contribution in [-0.2, 0) is 14.8 Å². The molecule has 1 aliphatic carbocycles. The van der Waals surface area contributed by atoms with E-state index in [1.54, 1.807) is 0 Å². The fourth-order valence-corrected chi connectivity index (χ4v) is 4.50. The van der Waals surface area contributed by atoms with Crippen LogP contribution in [-0.4, -0.2) is 57.2 Å². The van der Waals surface area contributed by atoms with Crippen LogP contribution >= 0.6 is 0 Å². The van der Waals surface area contributed by atoms with E-state index in [4.69, 9.17) is 0 Å². The predicted octanol–water partition coefficient (Wildman–Crippen LogP) is 2.00. The molecule has 154 valence electrons. The van der Waals surface area contributed by atoms with Gasteiger partial charge in [0.05, 0.1) is 12.8 Å². The highest BCUT2D eigenvalue weighted by Crippen LogP contribution is 2.40. The standard InChI is InChI=1S/C21H31N3O3S/c1-3-17(13-16-7-5-4-6-8-16)19-14-20(19)22-18-9-11-24(12-10-18)15-21(25)23-28(2,26)27/h4-8,13,18-20,22H,3,9-12,14-15H2,1-2H3,(H,23,25)/b17-13+/t19-,20+/m1/s1. The summed E-state index contributed by atoms with van der Waals surface area (Å²) < 4.78 is 24.3. The van der Waals surface area contributed by atoms with Crippen LogP contribution in [0.2, 0.25) is 0 Å². The number of amides is 1. The largest absolute Gasteiger partial charge is 0.311 e. The topological polar surface area (TPSA) is 78.5 Å². The number of hydrogen-bond acceptors (Lipinski definition) is 5. The van der Waals surface area contributed by atoms with Gasteiger partial charge in [0, 0.05) is 25.2 Å². The zero-order chi connectivity index (χ0) is 20.1. The summed E-state index contributed by atoms with van der Waals surface area (Å²) in [5, 5.41) is 3.79. The van der Waals surface area contributed by atoms with E-state index in [-0.39, 0.29) is 6.54 Å². The van der Waals surface area contributed by atoms with Crippen molar-refractivity contribution in [2.24, 2.45) is 5.92 Å². The minimum absolute atomic E-state index is 0.144. The molecular formula is C21H31N3O3S. The lowest BCUT2D eigenvalue weighted by Gasteiger charge is -2.32. The van der Waals surface area contributed by atoms with E-state index in [9.17, 15) is 13.2 Å². The normalized spacial score (nSPS) is 24.1. The lowest BCUT2D eigenvalue weighted by Crippen LogP contribution is -2.47. The van der Waals surface area contributed by atoms with Gasteiger partial charge in [0.1, 0.15) is 0 Å². The van der Waals surface area contributed by atoms with Crippen LogP contribution in [0.4, 0.5) is 0 Å². The van der Waals surface area contributed by atoms with E-state index in [0.29, 0.717) is 18.0 Å². The molecule has 1 heterocycles. The number of likely N-dealkylation sites (tertiary alicyclic amines) is 1. The van der Waals surface area contributed by atoms with Gasteiger partial charge in [-0.25, -0.2) is 8.42 Å². The van der Waals surface area contributed by atoms with E-state index in [1.165, 1.54) is 17.6 Å². The Morgan fingerprint density at radius 3 is 2.50 bits per heavy atom. The van der Waals surface area contributed by atoms with Crippen molar-refractivity contribution in [2.75, 3.05) is 25.9 Å². The van der Waals surface area contributed by atoms with Crippen LogP contribution in [0, 0.1) is 5.92 Å². The molecule has 6 nitrogen and oxygen atoms in total. The Hall–Kier alpha value is -1.70. The highest BCUT2D eigenvalue weighted by molar-refractivity contribution is 7.89. The lowest BCUT2D eigenvalue weighted by molar-refractivity contribution is -0.120. The number of carbonyl (C=O) groups is 1. The Labute approximate surface area is 168 Å². The van der Waals surface area contributed by atoms with Crippen molar-refractivity contribution in [3.05, 3.63) is 41.5 Å². The smallest absolute Gasteiger partial charge is 0.247 e. The van der Waals surface area contributed by atoms with Crippen molar-refractivity contribution in [1.29, 1.82) is 0 Å². The first-order valence-electron chi connectivity index (χ1n) is 10.1. The molecule has 0 aromatic heterocycles. The van der Waals surface area contributed by atoms with Gasteiger partial charge in [0.15, 0.2) is 0 Å². The molecule has 7 heteroatoms. The first-order valence-corrected chi connectivity index (χ1v) is 12.0. The lowest BCUT2D eigenvalue weighted by atomic mass is 10.0. The minimum Gasteiger partial charge on any atom is -0.311 e. The second-order valence-electron chi connectivity index (χ2n) is 7.95. The molecule has 0 spiro atoms. The zero-order valence-corrected chi connectivity index (χ0v) is 17.5. The summed E-state index contributed by atoms with van der Waals surface area (Å²) in [6.07, 6.45) is 7.58. The number of rotatable bonds is 8. The highest BCUT2D eigenvalue weighted by Gasteiger charge is 2.40. The van der Waals surface area contributed by atoms with Gasteiger partial charge >= 0.3 is 0 Å². The number of carbonyl (C=O) groups excluding carboxylic acids is 1. The summed E-state index contributed by atoms with van der Waals surface area (Å²) in [5.41, 5.74) is 2.78. The molecular weight excluding hydrogens is 374 g/mol. The second kappa shape index (κ2) is 9.20. The molecule has 1 aromatic rings. The number of benzene rings is 1. The van der Waals surface area contributed by atoms with E-state index >= 15 is 0 Å².